The molecule has 0 saturated heterocycles. The van der Waals surface area contributed by atoms with E-state index in [4.69, 9.17) is 4.74 Å². The Kier molecular flexibility index (Phi) is 7.37. The van der Waals surface area contributed by atoms with Gasteiger partial charge in [0.05, 0.1) is 12.2 Å². The minimum absolute atomic E-state index is 0.197. The molecule has 0 spiro atoms. The van der Waals surface area contributed by atoms with Gasteiger partial charge in [0.25, 0.3) is 0 Å². The van der Waals surface area contributed by atoms with Crippen LogP contribution >= 0.6 is 0 Å². The topological polar surface area (TPSA) is 66.8 Å². The van der Waals surface area contributed by atoms with Crippen LogP contribution in [0, 0.1) is 46.3 Å². The minimum Gasteiger partial charge on any atom is -0.465 e. The van der Waals surface area contributed by atoms with E-state index in [0.29, 0.717) is 30.3 Å². The van der Waals surface area contributed by atoms with Crippen molar-refractivity contribution in [2.75, 3.05) is 6.61 Å². The molecule has 4 heteroatoms. The quantitative estimate of drug-likeness (QED) is 0.366. The molecular weight excluding hydrogens is 412 g/mol. The smallest absolute Gasteiger partial charge is 0.302 e. The summed E-state index contributed by atoms with van der Waals surface area (Å²) in [5.74, 6) is 3.14. The third-order valence-corrected chi connectivity index (χ3v) is 10.6. The lowest BCUT2D eigenvalue weighted by atomic mass is 9.46. The van der Waals surface area contributed by atoms with Crippen LogP contribution in [0.5, 0.6) is 0 Å². The van der Waals surface area contributed by atoms with Crippen LogP contribution < -0.4 is 0 Å². The van der Waals surface area contributed by atoms with E-state index in [-0.39, 0.29) is 23.4 Å². The van der Waals surface area contributed by atoms with Crippen molar-refractivity contribution in [2.45, 2.75) is 111 Å². The zero-order chi connectivity index (χ0) is 24.0. The van der Waals surface area contributed by atoms with Crippen LogP contribution in [0.1, 0.15) is 98.8 Å². The zero-order valence-corrected chi connectivity index (χ0v) is 21.7. The zero-order valence-electron chi connectivity index (χ0n) is 21.7. The number of esters is 1. The van der Waals surface area contributed by atoms with Crippen LogP contribution in [0.25, 0.3) is 0 Å². The van der Waals surface area contributed by atoms with Crippen molar-refractivity contribution in [3.8, 4) is 0 Å². The molecule has 0 aromatic heterocycles. The van der Waals surface area contributed by atoms with Gasteiger partial charge in [-0.05, 0) is 85.9 Å². The summed E-state index contributed by atoms with van der Waals surface area (Å²) in [6, 6.07) is 0. The van der Waals surface area contributed by atoms with E-state index >= 15 is 0 Å². The Hall–Kier alpha value is -0.870. The summed E-state index contributed by atoms with van der Waals surface area (Å²) in [6.45, 7) is 11.5. The van der Waals surface area contributed by atoms with Crippen molar-refractivity contribution in [1.29, 1.82) is 0 Å². The first-order valence-electron chi connectivity index (χ1n) is 13.8. The fraction of sp³-hybridized carbons (Fsp3) is 0.897. The Morgan fingerprint density at radius 3 is 2.55 bits per heavy atom. The van der Waals surface area contributed by atoms with Crippen molar-refractivity contribution in [2.24, 2.45) is 46.3 Å². The Labute approximate surface area is 201 Å². The van der Waals surface area contributed by atoms with E-state index in [1.165, 1.54) is 45.4 Å². The van der Waals surface area contributed by atoms with Gasteiger partial charge in [0.15, 0.2) is 0 Å². The number of hydrogen-bond donors (Lipinski definition) is 2. The fourth-order valence-electron chi connectivity index (χ4n) is 8.96. The summed E-state index contributed by atoms with van der Waals surface area (Å²) in [6.07, 6.45) is 12.3. The fourth-order valence-corrected chi connectivity index (χ4v) is 8.96. The Morgan fingerprint density at radius 1 is 1.09 bits per heavy atom. The van der Waals surface area contributed by atoms with Crippen molar-refractivity contribution < 1.29 is 19.7 Å². The standard InChI is InChI=1S/C29H48O4/c1-18(2)7-6-8-19(3)23-9-10-24-27-25(12-13-28(23,24)5)29(17-33-20(4)30)14-11-22(31)15-21(29)16-26(27)32/h16,18-19,22-27,31-32H,6-15,17H2,1-5H3. The van der Waals surface area contributed by atoms with Crippen LogP contribution in [0.3, 0.4) is 0 Å². The van der Waals surface area contributed by atoms with Gasteiger partial charge >= 0.3 is 5.97 Å². The molecule has 4 aliphatic rings. The van der Waals surface area contributed by atoms with Gasteiger partial charge in [-0.25, -0.2) is 0 Å². The van der Waals surface area contributed by atoms with Crippen LogP contribution in [0.15, 0.2) is 11.6 Å². The minimum atomic E-state index is -0.444. The second-order valence-electron chi connectivity index (χ2n) is 12.8. The Bertz CT molecular complexity index is 744. The maximum Gasteiger partial charge on any atom is 0.302 e. The maximum absolute atomic E-state index is 11.8. The Morgan fingerprint density at radius 2 is 1.85 bits per heavy atom. The van der Waals surface area contributed by atoms with Crippen molar-refractivity contribution >= 4 is 5.97 Å². The number of aliphatic hydroxyl groups is 2. The van der Waals surface area contributed by atoms with Gasteiger partial charge in [0.1, 0.15) is 6.61 Å². The molecule has 3 saturated carbocycles. The number of carbonyl (C=O) groups excluding carboxylic acids is 1. The summed E-state index contributed by atoms with van der Waals surface area (Å²) in [5, 5.41) is 21.8. The second kappa shape index (κ2) is 9.64. The molecule has 3 fully saturated rings. The highest BCUT2D eigenvalue weighted by molar-refractivity contribution is 5.66. The molecule has 4 aliphatic carbocycles. The van der Waals surface area contributed by atoms with Gasteiger partial charge in [0, 0.05) is 12.3 Å². The molecule has 4 rings (SSSR count). The van der Waals surface area contributed by atoms with Crippen LogP contribution in [0.4, 0.5) is 0 Å². The average molecular weight is 461 g/mol. The molecule has 9 atom stereocenters. The van der Waals surface area contributed by atoms with E-state index in [0.717, 1.165) is 42.6 Å². The molecule has 188 valence electrons. The highest BCUT2D eigenvalue weighted by Crippen LogP contribution is 2.67. The molecule has 2 N–H and O–H groups in total. The van der Waals surface area contributed by atoms with Crippen LogP contribution in [-0.4, -0.2) is 35.0 Å². The first-order chi connectivity index (χ1) is 15.6. The van der Waals surface area contributed by atoms with E-state index in [1.54, 1.807) is 0 Å². The summed E-state index contributed by atoms with van der Waals surface area (Å²) in [5.41, 5.74) is 1.25. The van der Waals surface area contributed by atoms with Crippen LogP contribution in [0.2, 0.25) is 0 Å². The first kappa shape index (κ1) is 25.2. The van der Waals surface area contributed by atoms with E-state index in [1.807, 2.05) is 0 Å². The highest BCUT2D eigenvalue weighted by atomic mass is 16.5. The molecule has 0 amide bonds. The highest BCUT2D eigenvalue weighted by Gasteiger charge is 2.62. The number of fused-ring (bicyclic) bond motifs is 5. The van der Waals surface area contributed by atoms with Gasteiger partial charge in [-0.3, -0.25) is 4.79 Å². The Balaban J connectivity index is 1.59. The number of aliphatic hydroxyl groups excluding tert-OH is 2. The molecule has 9 unspecified atom stereocenters. The number of carbonyl (C=O) groups is 1. The predicted octanol–water partition coefficient (Wildman–Crippen LogP) is 5.90. The SMILES string of the molecule is CC(=O)OCC12CCC(O)CC1=CC(O)C1C2CCC2(C)C(C(C)CCCC(C)C)CCC12. The molecule has 0 radical (unpaired) electrons. The molecule has 4 nitrogen and oxygen atoms in total. The van der Waals surface area contributed by atoms with Gasteiger partial charge in [-0.1, -0.05) is 58.6 Å². The largest absolute Gasteiger partial charge is 0.465 e. The number of rotatable bonds is 7. The molecule has 0 aromatic rings. The first-order valence-corrected chi connectivity index (χ1v) is 13.8. The lowest BCUT2D eigenvalue weighted by Crippen LogP contribution is -2.57. The summed E-state index contributed by atoms with van der Waals surface area (Å²) in [7, 11) is 0. The average Bonchev–Trinajstić information content (AvgIpc) is 3.09. The van der Waals surface area contributed by atoms with E-state index in [9.17, 15) is 15.0 Å². The molecule has 0 aliphatic heterocycles. The second-order valence-corrected chi connectivity index (χ2v) is 12.8. The van der Waals surface area contributed by atoms with Crippen molar-refractivity contribution in [3.05, 3.63) is 11.6 Å². The number of ether oxygens (including phenoxy) is 1. The number of hydrogen-bond acceptors (Lipinski definition) is 4. The monoisotopic (exact) mass is 460 g/mol. The van der Waals surface area contributed by atoms with Gasteiger partial charge < -0.3 is 14.9 Å². The molecule has 0 bridgehead atoms. The molecular formula is C29H48O4. The van der Waals surface area contributed by atoms with Gasteiger partial charge in [-0.15, -0.1) is 0 Å². The van der Waals surface area contributed by atoms with E-state index < -0.39 is 6.10 Å². The lowest BCUT2D eigenvalue weighted by Gasteiger charge is -2.60. The molecule has 33 heavy (non-hydrogen) atoms. The maximum atomic E-state index is 11.8. The molecule has 0 heterocycles. The predicted molar refractivity (Wildman–Crippen MR) is 131 cm³/mol. The van der Waals surface area contributed by atoms with E-state index in [2.05, 4.69) is 33.8 Å². The third kappa shape index (κ3) is 4.56. The summed E-state index contributed by atoms with van der Waals surface area (Å²) in [4.78, 5) is 11.8. The third-order valence-electron chi connectivity index (χ3n) is 10.6. The van der Waals surface area contributed by atoms with Crippen molar-refractivity contribution in [1.82, 2.24) is 0 Å². The lowest BCUT2D eigenvalue weighted by molar-refractivity contribution is -0.153. The van der Waals surface area contributed by atoms with Gasteiger partial charge in [0.2, 0.25) is 0 Å². The summed E-state index contributed by atoms with van der Waals surface area (Å²) < 4.78 is 5.68. The molecule has 0 aromatic carbocycles. The van der Waals surface area contributed by atoms with Crippen LogP contribution in [-0.2, 0) is 9.53 Å². The summed E-state index contributed by atoms with van der Waals surface area (Å²) >= 11 is 0. The van der Waals surface area contributed by atoms with Crippen molar-refractivity contribution in [3.63, 3.8) is 0 Å². The normalized spacial score (nSPS) is 43.3. The van der Waals surface area contributed by atoms with Gasteiger partial charge in [-0.2, -0.15) is 0 Å².